The largest absolute Gasteiger partial charge is 0.459 e. The number of ether oxygens (including phenoxy) is 1. The SMILES string of the molecule is CC(C)[C@@H](C(=O)OC(C)(C)C)N(Cc1ccccc1)C1(c2ccccc2)c2ccccc2-c2ccccc21. The number of fused-ring (bicyclic) bond motifs is 3. The molecule has 0 fully saturated rings. The Bertz CT molecular complexity index is 1360. The highest BCUT2D eigenvalue weighted by Gasteiger charge is 2.53. The molecule has 1 aliphatic carbocycles. The Balaban J connectivity index is 1.85. The molecular weight excluding hydrogens is 466 g/mol. The van der Waals surface area contributed by atoms with E-state index in [2.05, 4.69) is 122 Å². The van der Waals surface area contributed by atoms with Gasteiger partial charge in [0.2, 0.25) is 0 Å². The predicted molar refractivity (Wildman–Crippen MR) is 155 cm³/mol. The van der Waals surface area contributed by atoms with Gasteiger partial charge in [0.1, 0.15) is 11.6 Å². The van der Waals surface area contributed by atoms with Gasteiger partial charge >= 0.3 is 5.97 Å². The second-order valence-corrected chi connectivity index (χ2v) is 11.5. The van der Waals surface area contributed by atoms with Gasteiger partial charge in [-0.05, 0) is 60.1 Å². The van der Waals surface area contributed by atoms with E-state index < -0.39 is 17.2 Å². The summed E-state index contributed by atoms with van der Waals surface area (Å²) in [5.74, 6) is -0.185. The third kappa shape index (κ3) is 4.56. The van der Waals surface area contributed by atoms with Crippen LogP contribution in [0.1, 0.15) is 56.9 Å². The van der Waals surface area contributed by atoms with Gasteiger partial charge in [-0.3, -0.25) is 9.69 Å². The summed E-state index contributed by atoms with van der Waals surface area (Å²) < 4.78 is 6.12. The standard InChI is InChI=1S/C35H37NO2/c1-25(2)32(33(37)38-34(3,4)5)36(24-26-16-8-6-9-17-26)35(27-18-10-7-11-19-27)30-22-14-12-20-28(30)29-21-13-15-23-31(29)35/h6-23,25,32H,24H2,1-5H3/t32-/m0/s1. The van der Waals surface area contributed by atoms with Crippen LogP contribution in [0, 0.1) is 5.92 Å². The molecule has 5 rings (SSSR count). The van der Waals surface area contributed by atoms with Crippen molar-refractivity contribution >= 4 is 5.97 Å². The minimum absolute atomic E-state index is 0.00840. The Kier molecular flexibility index (Phi) is 6.98. The van der Waals surface area contributed by atoms with Gasteiger partial charge in [0.25, 0.3) is 0 Å². The van der Waals surface area contributed by atoms with Crippen LogP contribution >= 0.6 is 0 Å². The highest BCUT2D eigenvalue weighted by molar-refractivity contribution is 5.84. The minimum atomic E-state index is -0.684. The Hall–Kier alpha value is -3.69. The van der Waals surface area contributed by atoms with Crippen molar-refractivity contribution in [1.29, 1.82) is 0 Å². The normalized spacial score (nSPS) is 14.7. The molecule has 4 aromatic rings. The summed E-state index contributed by atoms with van der Waals surface area (Å²) >= 11 is 0. The average molecular weight is 504 g/mol. The maximum absolute atomic E-state index is 14.1. The van der Waals surface area contributed by atoms with Crippen molar-refractivity contribution < 1.29 is 9.53 Å². The van der Waals surface area contributed by atoms with Gasteiger partial charge in [0, 0.05) is 6.54 Å². The zero-order valence-electron chi connectivity index (χ0n) is 23.0. The summed E-state index contributed by atoms with van der Waals surface area (Å²) in [7, 11) is 0. The lowest BCUT2D eigenvalue weighted by Gasteiger charge is -2.48. The number of benzene rings is 4. The molecule has 1 aliphatic rings. The number of esters is 1. The van der Waals surface area contributed by atoms with Crippen molar-refractivity contribution in [2.75, 3.05) is 0 Å². The number of hydrogen-bond donors (Lipinski definition) is 0. The first kappa shape index (κ1) is 25.9. The van der Waals surface area contributed by atoms with Gasteiger partial charge in [-0.25, -0.2) is 0 Å². The molecule has 3 nitrogen and oxygen atoms in total. The molecule has 0 N–H and O–H groups in total. The molecule has 0 saturated heterocycles. The van der Waals surface area contributed by atoms with Gasteiger partial charge in [0.15, 0.2) is 0 Å². The van der Waals surface area contributed by atoms with Crippen LogP contribution in [-0.2, 0) is 21.6 Å². The first-order valence-corrected chi connectivity index (χ1v) is 13.5. The molecule has 0 unspecified atom stereocenters. The van der Waals surface area contributed by atoms with Crippen molar-refractivity contribution in [3.8, 4) is 11.1 Å². The third-order valence-electron chi connectivity index (χ3n) is 7.36. The van der Waals surface area contributed by atoms with Crippen LogP contribution in [0.4, 0.5) is 0 Å². The van der Waals surface area contributed by atoms with E-state index in [1.165, 1.54) is 22.3 Å². The fraction of sp³-hybridized carbons (Fsp3) is 0.286. The van der Waals surface area contributed by atoms with Gasteiger partial charge in [0.05, 0.1) is 5.54 Å². The van der Waals surface area contributed by atoms with E-state index in [9.17, 15) is 4.79 Å². The zero-order chi connectivity index (χ0) is 26.9. The van der Waals surface area contributed by atoms with E-state index in [0.29, 0.717) is 6.54 Å². The molecule has 0 saturated carbocycles. The molecule has 1 atom stereocenters. The van der Waals surface area contributed by atoms with Gasteiger partial charge < -0.3 is 4.74 Å². The van der Waals surface area contributed by atoms with Crippen LogP contribution in [0.25, 0.3) is 11.1 Å². The fourth-order valence-corrected chi connectivity index (χ4v) is 6.00. The van der Waals surface area contributed by atoms with Crippen LogP contribution in [0.2, 0.25) is 0 Å². The maximum atomic E-state index is 14.1. The predicted octanol–water partition coefficient (Wildman–Crippen LogP) is 7.83. The molecule has 0 radical (unpaired) electrons. The van der Waals surface area contributed by atoms with Gasteiger partial charge in [-0.1, -0.05) is 123 Å². The molecule has 3 heteroatoms. The fourth-order valence-electron chi connectivity index (χ4n) is 6.00. The maximum Gasteiger partial charge on any atom is 0.324 e. The van der Waals surface area contributed by atoms with E-state index in [-0.39, 0.29) is 11.9 Å². The van der Waals surface area contributed by atoms with Crippen LogP contribution in [0.5, 0.6) is 0 Å². The number of rotatable bonds is 7. The van der Waals surface area contributed by atoms with E-state index in [1.807, 2.05) is 26.8 Å². The summed E-state index contributed by atoms with van der Waals surface area (Å²) in [5, 5.41) is 0. The number of carbonyl (C=O) groups is 1. The van der Waals surface area contributed by atoms with E-state index in [4.69, 9.17) is 4.74 Å². The van der Waals surface area contributed by atoms with Crippen LogP contribution < -0.4 is 0 Å². The van der Waals surface area contributed by atoms with E-state index in [0.717, 1.165) is 11.1 Å². The Morgan fingerprint density at radius 2 is 1.21 bits per heavy atom. The lowest BCUT2D eigenvalue weighted by molar-refractivity contribution is -0.166. The van der Waals surface area contributed by atoms with Gasteiger partial charge in [-0.15, -0.1) is 0 Å². The first-order chi connectivity index (χ1) is 18.2. The summed E-state index contributed by atoms with van der Waals surface area (Å²) in [6.45, 7) is 10.7. The molecule has 0 aliphatic heterocycles. The topological polar surface area (TPSA) is 29.5 Å². The summed E-state index contributed by atoms with van der Waals surface area (Å²) in [4.78, 5) is 16.5. The minimum Gasteiger partial charge on any atom is -0.459 e. The monoisotopic (exact) mass is 503 g/mol. The lowest BCUT2D eigenvalue weighted by Crippen LogP contribution is -2.57. The average Bonchev–Trinajstić information content (AvgIpc) is 3.19. The summed E-state index contributed by atoms with van der Waals surface area (Å²) in [6, 6.07) is 37.9. The van der Waals surface area contributed by atoms with Crippen molar-refractivity contribution in [1.82, 2.24) is 4.90 Å². The summed E-state index contributed by atoms with van der Waals surface area (Å²) in [5.41, 5.74) is 5.81. The van der Waals surface area contributed by atoms with Crippen molar-refractivity contribution in [2.24, 2.45) is 5.92 Å². The molecule has 0 bridgehead atoms. The zero-order valence-corrected chi connectivity index (χ0v) is 23.0. The Labute approximate surface area is 227 Å². The third-order valence-corrected chi connectivity index (χ3v) is 7.36. The molecular formula is C35H37NO2. The Morgan fingerprint density at radius 1 is 0.737 bits per heavy atom. The van der Waals surface area contributed by atoms with E-state index in [1.54, 1.807) is 0 Å². The van der Waals surface area contributed by atoms with Crippen LogP contribution in [-0.4, -0.2) is 22.5 Å². The van der Waals surface area contributed by atoms with Crippen molar-refractivity contribution in [3.05, 3.63) is 131 Å². The summed E-state index contributed by atoms with van der Waals surface area (Å²) in [6.07, 6.45) is 0. The highest BCUT2D eigenvalue weighted by atomic mass is 16.6. The smallest absolute Gasteiger partial charge is 0.324 e. The second-order valence-electron chi connectivity index (χ2n) is 11.5. The number of hydrogen-bond acceptors (Lipinski definition) is 3. The molecule has 0 aromatic heterocycles. The Morgan fingerprint density at radius 3 is 1.71 bits per heavy atom. The molecule has 4 aromatic carbocycles. The number of carbonyl (C=O) groups excluding carboxylic acids is 1. The van der Waals surface area contributed by atoms with Crippen molar-refractivity contribution in [3.63, 3.8) is 0 Å². The highest BCUT2D eigenvalue weighted by Crippen LogP contribution is 2.55. The second kappa shape index (κ2) is 10.2. The van der Waals surface area contributed by atoms with E-state index >= 15 is 0 Å². The molecule has 194 valence electrons. The molecule has 38 heavy (non-hydrogen) atoms. The quantitative estimate of drug-likeness (QED) is 0.241. The van der Waals surface area contributed by atoms with Crippen LogP contribution in [0.3, 0.4) is 0 Å². The molecule has 0 amide bonds. The molecule has 0 spiro atoms. The number of nitrogens with zero attached hydrogens (tertiary/aromatic N) is 1. The molecule has 0 heterocycles. The van der Waals surface area contributed by atoms with Gasteiger partial charge in [-0.2, -0.15) is 0 Å². The van der Waals surface area contributed by atoms with Crippen molar-refractivity contribution in [2.45, 2.75) is 58.3 Å². The lowest BCUT2D eigenvalue weighted by atomic mass is 9.76. The first-order valence-electron chi connectivity index (χ1n) is 13.5. The van der Waals surface area contributed by atoms with Crippen LogP contribution in [0.15, 0.2) is 109 Å².